The molecular formula is C17H15FN2O4S. The van der Waals surface area contributed by atoms with E-state index in [4.69, 9.17) is 0 Å². The average molecular weight is 362 g/mol. The number of imide groups is 1. The van der Waals surface area contributed by atoms with Gasteiger partial charge in [-0.2, -0.15) is 0 Å². The molecule has 3 rings (SSSR count). The maximum atomic E-state index is 13.3. The molecule has 6 nitrogen and oxygen atoms in total. The standard InChI is InChI=1S/C17H15FN2O4S/c1-11-10-12(6-7-15(11)18)25(23,24)19-8-9-20-16(21)13-4-2-3-5-14(13)17(20)22/h2-7,10,19H,8-9H2,1H3. The maximum Gasteiger partial charge on any atom is 0.261 e. The Kier molecular flexibility index (Phi) is 4.40. The minimum absolute atomic E-state index is 0.0752. The van der Waals surface area contributed by atoms with Gasteiger partial charge in [0.25, 0.3) is 11.8 Å². The number of halogens is 1. The largest absolute Gasteiger partial charge is 0.273 e. The SMILES string of the molecule is Cc1cc(S(=O)(=O)NCCN2C(=O)c3ccccc3C2=O)ccc1F. The summed E-state index contributed by atoms with van der Waals surface area (Å²) in [6.45, 7) is 1.24. The summed E-state index contributed by atoms with van der Waals surface area (Å²) in [4.78, 5) is 25.3. The van der Waals surface area contributed by atoms with Gasteiger partial charge in [0.1, 0.15) is 5.82 Å². The molecule has 0 saturated heterocycles. The Labute approximate surface area is 144 Å². The average Bonchev–Trinajstić information content (AvgIpc) is 2.82. The number of hydrogen-bond acceptors (Lipinski definition) is 4. The van der Waals surface area contributed by atoms with Crippen LogP contribution in [0.5, 0.6) is 0 Å². The third kappa shape index (κ3) is 3.18. The first-order valence-corrected chi connectivity index (χ1v) is 9.00. The molecule has 0 atom stereocenters. The van der Waals surface area contributed by atoms with E-state index in [9.17, 15) is 22.4 Å². The molecular weight excluding hydrogens is 347 g/mol. The van der Waals surface area contributed by atoms with Gasteiger partial charge in [-0.05, 0) is 42.8 Å². The molecule has 25 heavy (non-hydrogen) atoms. The van der Waals surface area contributed by atoms with Gasteiger partial charge in [0.05, 0.1) is 16.0 Å². The number of amides is 2. The predicted molar refractivity (Wildman–Crippen MR) is 88.1 cm³/mol. The number of fused-ring (bicyclic) bond motifs is 1. The first-order valence-electron chi connectivity index (χ1n) is 7.52. The zero-order valence-electron chi connectivity index (χ0n) is 13.3. The van der Waals surface area contributed by atoms with Crippen LogP contribution < -0.4 is 4.72 Å². The Morgan fingerprint density at radius 1 is 1.04 bits per heavy atom. The second kappa shape index (κ2) is 6.38. The lowest BCUT2D eigenvalue weighted by Crippen LogP contribution is -2.38. The second-order valence-corrected chi connectivity index (χ2v) is 7.38. The third-order valence-electron chi connectivity index (χ3n) is 3.95. The molecule has 8 heteroatoms. The molecule has 0 bridgehead atoms. The highest BCUT2D eigenvalue weighted by Gasteiger charge is 2.34. The topological polar surface area (TPSA) is 83.6 Å². The molecule has 0 saturated carbocycles. The highest BCUT2D eigenvalue weighted by Crippen LogP contribution is 2.22. The number of hydrogen-bond donors (Lipinski definition) is 1. The summed E-state index contributed by atoms with van der Waals surface area (Å²) in [5.74, 6) is -1.39. The van der Waals surface area contributed by atoms with E-state index in [1.54, 1.807) is 24.3 Å². The van der Waals surface area contributed by atoms with E-state index in [2.05, 4.69) is 4.72 Å². The Morgan fingerprint density at radius 3 is 2.20 bits per heavy atom. The van der Waals surface area contributed by atoms with E-state index in [0.29, 0.717) is 11.1 Å². The molecule has 0 radical (unpaired) electrons. The van der Waals surface area contributed by atoms with Crippen molar-refractivity contribution in [3.63, 3.8) is 0 Å². The summed E-state index contributed by atoms with van der Waals surface area (Å²) in [5, 5.41) is 0. The van der Waals surface area contributed by atoms with Crippen molar-refractivity contribution in [2.45, 2.75) is 11.8 Å². The fourth-order valence-corrected chi connectivity index (χ4v) is 3.71. The smallest absolute Gasteiger partial charge is 0.261 e. The predicted octanol–water partition coefficient (Wildman–Crippen LogP) is 1.71. The van der Waals surface area contributed by atoms with Crippen LogP contribution in [0.2, 0.25) is 0 Å². The van der Waals surface area contributed by atoms with Crippen LogP contribution in [0, 0.1) is 12.7 Å². The van der Waals surface area contributed by atoms with E-state index < -0.39 is 27.7 Å². The molecule has 1 aliphatic rings. The first kappa shape index (κ1) is 17.2. The summed E-state index contributed by atoms with van der Waals surface area (Å²) < 4.78 is 40.0. The van der Waals surface area contributed by atoms with Crippen molar-refractivity contribution in [2.24, 2.45) is 0 Å². The van der Waals surface area contributed by atoms with E-state index in [1.807, 2.05) is 0 Å². The van der Waals surface area contributed by atoms with Crippen molar-refractivity contribution in [1.29, 1.82) is 0 Å². The molecule has 0 aliphatic carbocycles. The summed E-state index contributed by atoms with van der Waals surface area (Å²) in [6, 6.07) is 9.89. The summed E-state index contributed by atoms with van der Waals surface area (Å²) in [7, 11) is -3.86. The number of nitrogens with zero attached hydrogens (tertiary/aromatic N) is 1. The van der Waals surface area contributed by atoms with Gasteiger partial charge in [0, 0.05) is 13.1 Å². The van der Waals surface area contributed by atoms with Crippen LogP contribution >= 0.6 is 0 Å². The van der Waals surface area contributed by atoms with Gasteiger partial charge in [-0.1, -0.05) is 12.1 Å². The molecule has 1 heterocycles. The Morgan fingerprint density at radius 2 is 1.64 bits per heavy atom. The van der Waals surface area contributed by atoms with Crippen molar-refractivity contribution >= 4 is 21.8 Å². The normalized spacial score (nSPS) is 14.1. The Balaban J connectivity index is 1.68. The van der Waals surface area contributed by atoms with E-state index in [-0.39, 0.29) is 23.5 Å². The Bertz CT molecular complexity index is 937. The van der Waals surface area contributed by atoms with Gasteiger partial charge >= 0.3 is 0 Å². The maximum absolute atomic E-state index is 13.3. The quantitative estimate of drug-likeness (QED) is 0.821. The lowest BCUT2D eigenvalue weighted by atomic mass is 10.1. The molecule has 2 amide bonds. The zero-order chi connectivity index (χ0) is 18.2. The van der Waals surface area contributed by atoms with Crippen LogP contribution in [-0.4, -0.2) is 38.2 Å². The van der Waals surface area contributed by atoms with Crippen molar-refractivity contribution in [1.82, 2.24) is 9.62 Å². The van der Waals surface area contributed by atoms with Crippen LogP contribution in [0.25, 0.3) is 0 Å². The summed E-state index contributed by atoms with van der Waals surface area (Å²) >= 11 is 0. The fourth-order valence-electron chi connectivity index (χ4n) is 2.60. The highest BCUT2D eigenvalue weighted by atomic mass is 32.2. The molecule has 0 fully saturated rings. The first-order chi connectivity index (χ1) is 11.8. The van der Waals surface area contributed by atoms with Crippen LogP contribution in [0.1, 0.15) is 26.3 Å². The lowest BCUT2D eigenvalue weighted by Gasteiger charge is -2.14. The highest BCUT2D eigenvalue weighted by molar-refractivity contribution is 7.89. The second-order valence-electron chi connectivity index (χ2n) is 5.62. The number of benzene rings is 2. The van der Waals surface area contributed by atoms with Gasteiger partial charge in [-0.3, -0.25) is 14.5 Å². The molecule has 2 aromatic carbocycles. The van der Waals surface area contributed by atoms with Crippen LogP contribution in [0.4, 0.5) is 4.39 Å². The van der Waals surface area contributed by atoms with Crippen LogP contribution in [0.15, 0.2) is 47.4 Å². The fraction of sp³-hybridized carbons (Fsp3) is 0.176. The zero-order valence-corrected chi connectivity index (χ0v) is 14.1. The molecule has 1 N–H and O–H groups in total. The third-order valence-corrected chi connectivity index (χ3v) is 5.40. The molecule has 130 valence electrons. The minimum atomic E-state index is -3.86. The van der Waals surface area contributed by atoms with Gasteiger partial charge in [-0.15, -0.1) is 0 Å². The van der Waals surface area contributed by atoms with Crippen molar-refractivity contribution < 1.29 is 22.4 Å². The van der Waals surface area contributed by atoms with Crippen molar-refractivity contribution in [3.8, 4) is 0 Å². The van der Waals surface area contributed by atoms with E-state index in [0.717, 1.165) is 17.0 Å². The number of carbonyl (C=O) groups excluding carboxylic acids is 2. The van der Waals surface area contributed by atoms with Gasteiger partial charge < -0.3 is 0 Å². The van der Waals surface area contributed by atoms with Crippen LogP contribution in [-0.2, 0) is 10.0 Å². The van der Waals surface area contributed by atoms with E-state index in [1.165, 1.54) is 13.0 Å². The van der Waals surface area contributed by atoms with Crippen LogP contribution in [0.3, 0.4) is 0 Å². The molecule has 0 aromatic heterocycles. The minimum Gasteiger partial charge on any atom is -0.273 e. The molecule has 0 spiro atoms. The summed E-state index contributed by atoms with van der Waals surface area (Å²) in [6.07, 6.45) is 0. The van der Waals surface area contributed by atoms with Gasteiger partial charge in [-0.25, -0.2) is 17.5 Å². The number of rotatable bonds is 5. The number of carbonyl (C=O) groups is 2. The molecule has 1 aliphatic heterocycles. The summed E-state index contributed by atoms with van der Waals surface area (Å²) in [5.41, 5.74) is 0.831. The van der Waals surface area contributed by atoms with Gasteiger partial charge in [0.2, 0.25) is 10.0 Å². The number of nitrogens with one attached hydrogen (secondary N) is 1. The number of aryl methyl sites for hydroxylation is 1. The molecule has 2 aromatic rings. The molecule has 0 unspecified atom stereocenters. The van der Waals surface area contributed by atoms with Gasteiger partial charge in [0.15, 0.2) is 0 Å². The number of sulfonamides is 1. The lowest BCUT2D eigenvalue weighted by molar-refractivity contribution is 0.0657. The van der Waals surface area contributed by atoms with E-state index >= 15 is 0 Å². The van der Waals surface area contributed by atoms with Crippen molar-refractivity contribution in [3.05, 3.63) is 65.0 Å². The van der Waals surface area contributed by atoms with Crippen molar-refractivity contribution in [2.75, 3.05) is 13.1 Å². The monoisotopic (exact) mass is 362 g/mol. The Hall–Kier alpha value is -2.58.